The van der Waals surface area contributed by atoms with Crippen LogP contribution in [0.5, 0.6) is 0 Å². The molecule has 3 heteroatoms. The molecule has 0 unspecified atom stereocenters. The van der Waals surface area contributed by atoms with Crippen LogP contribution in [0.4, 0.5) is 0 Å². The molecule has 0 saturated carbocycles. The average molecular weight is 212 g/mol. The van der Waals surface area contributed by atoms with E-state index in [1.807, 2.05) is 10.7 Å². The standard InChI is InChI=1S/C9H19Si3/c1-10-7-4-8(11-2)6-9(5-7)12-3/h4-5H,6,10-12H2,1-3H3. The van der Waals surface area contributed by atoms with Crippen LogP contribution in [0.25, 0.3) is 0 Å². The molecule has 0 atom stereocenters. The summed E-state index contributed by atoms with van der Waals surface area (Å²) in [6, 6.07) is 0. The molecule has 0 bridgehead atoms. The van der Waals surface area contributed by atoms with Gasteiger partial charge in [0.15, 0.2) is 0 Å². The first kappa shape index (κ1) is 10.2. The van der Waals surface area contributed by atoms with Crippen LogP contribution in [0.1, 0.15) is 6.42 Å². The van der Waals surface area contributed by atoms with Crippen LogP contribution in [0.2, 0.25) is 19.6 Å². The zero-order valence-electron chi connectivity index (χ0n) is 8.48. The second-order valence-corrected chi connectivity index (χ2v) is 8.17. The second-order valence-electron chi connectivity index (χ2n) is 3.42. The van der Waals surface area contributed by atoms with Gasteiger partial charge in [0.25, 0.3) is 0 Å². The van der Waals surface area contributed by atoms with Crippen molar-refractivity contribution < 1.29 is 0 Å². The molecular formula is C9H19Si3. The molecule has 1 rings (SSSR count). The fraction of sp³-hybridized carbons (Fsp3) is 0.444. The molecule has 0 aromatic rings. The van der Waals surface area contributed by atoms with Gasteiger partial charge in [0, 0.05) is 19.0 Å². The van der Waals surface area contributed by atoms with E-state index in [4.69, 9.17) is 0 Å². The lowest BCUT2D eigenvalue weighted by Crippen LogP contribution is -2.11. The van der Waals surface area contributed by atoms with Gasteiger partial charge in [0.1, 0.15) is 0 Å². The minimum absolute atomic E-state index is 0.0943. The molecule has 1 aliphatic carbocycles. The smallest absolute Gasteiger partial charge is 0.0512 e. The van der Waals surface area contributed by atoms with E-state index in [2.05, 4.69) is 31.8 Å². The van der Waals surface area contributed by atoms with E-state index in [1.54, 1.807) is 5.20 Å². The lowest BCUT2D eigenvalue weighted by Gasteiger charge is -2.18. The van der Waals surface area contributed by atoms with Gasteiger partial charge in [0.2, 0.25) is 0 Å². The van der Waals surface area contributed by atoms with Gasteiger partial charge in [-0.15, -0.1) is 0 Å². The van der Waals surface area contributed by atoms with Crippen molar-refractivity contribution in [2.45, 2.75) is 26.1 Å². The van der Waals surface area contributed by atoms with Crippen molar-refractivity contribution in [3.63, 3.8) is 0 Å². The largest absolute Gasteiger partial charge is 0.0878 e. The fourth-order valence-electron chi connectivity index (χ4n) is 1.62. The zero-order valence-corrected chi connectivity index (χ0v) is 12.7. The van der Waals surface area contributed by atoms with Gasteiger partial charge in [-0.1, -0.05) is 42.2 Å². The summed E-state index contributed by atoms with van der Waals surface area (Å²) in [7, 11) is 0.354. The van der Waals surface area contributed by atoms with Crippen LogP contribution in [0.3, 0.4) is 0 Å². The maximum atomic E-state index is 2.52. The van der Waals surface area contributed by atoms with E-state index in [-0.39, 0.29) is 28.6 Å². The van der Waals surface area contributed by atoms with E-state index in [0.717, 1.165) is 0 Å². The molecule has 0 amide bonds. The summed E-state index contributed by atoms with van der Waals surface area (Å²) < 4.78 is 0. The first-order valence-electron chi connectivity index (χ1n) is 5.04. The minimum Gasteiger partial charge on any atom is -0.0878 e. The van der Waals surface area contributed by atoms with Crippen molar-refractivity contribution in [1.29, 1.82) is 0 Å². The van der Waals surface area contributed by atoms with Gasteiger partial charge in [-0.25, -0.2) is 0 Å². The Morgan fingerprint density at radius 1 is 1.00 bits per heavy atom. The van der Waals surface area contributed by atoms with Gasteiger partial charge >= 0.3 is 0 Å². The molecule has 1 radical (unpaired) electrons. The monoisotopic (exact) mass is 211 g/mol. The minimum atomic E-state index is 0.0943. The quantitative estimate of drug-likeness (QED) is 0.591. The normalized spacial score (nSPS) is 21.9. The third kappa shape index (κ3) is 2.57. The first-order chi connectivity index (χ1) is 5.80. The van der Waals surface area contributed by atoms with Crippen molar-refractivity contribution >= 4 is 28.6 Å². The van der Waals surface area contributed by atoms with E-state index in [1.165, 1.54) is 6.42 Å². The van der Waals surface area contributed by atoms with E-state index >= 15 is 0 Å². The van der Waals surface area contributed by atoms with Gasteiger partial charge in [-0.05, 0) is 12.0 Å². The number of hydrogen-bond donors (Lipinski definition) is 0. The number of allylic oxidation sites excluding steroid dienone is 4. The molecule has 0 nitrogen and oxygen atoms in total. The fourth-order valence-corrected chi connectivity index (χ4v) is 5.61. The Bertz CT molecular complexity index is 206. The van der Waals surface area contributed by atoms with Gasteiger partial charge in [-0.3, -0.25) is 0 Å². The average Bonchev–Trinajstić information content (AvgIpc) is 2.16. The molecule has 0 aromatic heterocycles. The van der Waals surface area contributed by atoms with Crippen molar-refractivity contribution in [1.82, 2.24) is 0 Å². The molecule has 0 spiro atoms. The highest BCUT2D eigenvalue weighted by Crippen LogP contribution is 2.22. The molecule has 0 heterocycles. The Hall–Kier alpha value is 0.131. The Morgan fingerprint density at radius 2 is 1.75 bits per heavy atom. The molecular weight excluding hydrogens is 192 g/mol. The predicted octanol–water partition coefficient (Wildman–Crippen LogP) is 0.341. The van der Waals surface area contributed by atoms with Crippen LogP contribution >= 0.6 is 0 Å². The summed E-state index contributed by atoms with van der Waals surface area (Å²) in [4.78, 5) is 0. The summed E-state index contributed by atoms with van der Waals surface area (Å²) in [5.41, 5.74) is 1.81. The summed E-state index contributed by atoms with van der Waals surface area (Å²) in [6.45, 7) is 7.24. The highest BCUT2D eigenvalue weighted by Gasteiger charge is 2.12. The van der Waals surface area contributed by atoms with Crippen LogP contribution in [0, 0.1) is 5.54 Å². The third-order valence-electron chi connectivity index (χ3n) is 2.55. The van der Waals surface area contributed by atoms with Gasteiger partial charge in [0.05, 0.1) is 9.52 Å². The molecule has 67 valence electrons. The summed E-state index contributed by atoms with van der Waals surface area (Å²) in [5.74, 6) is 0. The Kier molecular flexibility index (Phi) is 4.25. The third-order valence-corrected chi connectivity index (χ3v) is 6.50. The van der Waals surface area contributed by atoms with Crippen LogP contribution in [0.15, 0.2) is 22.5 Å². The Morgan fingerprint density at radius 3 is 2.25 bits per heavy atom. The van der Waals surface area contributed by atoms with Gasteiger partial charge in [-0.2, -0.15) is 0 Å². The van der Waals surface area contributed by atoms with E-state index in [0.29, 0.717) is 0 Å². The predicted molar refractivity (Wildman–Crippen MR) is 67.3 cm³/mol. The van der Waals surface area contributed by atoms with E-state index < -0.39 is 0 Å². The molecule has 0 aliphatic heterocycles. The molecule has 0 aromatic carbocycles. The maximum Gasteiger partial charge on any atom is 0.0512 e. The van der Waals surface area contributed by atoms with Crippen molar-refractivity contribution in [3.8, 4) is 0 Å². The maximum absolute atomic E-state index is 2.52. The van der Waals surface area contributed by atoms with Gasteiger partial charge < -0.3 is 0 Å². The number of rotatable bonds is 3. The highest BCUT2D eigenvalue weighted by atomic mass is 28.2. The molecule has 0 N–H and O–H groups in total. The second kappa shape index (κ2) is 4.99. The number of hydrogen-bond acceptors (Lipinski definition) is 0. The van der Waals surface area contributed by atoms with E-state index in [9.17, 15) is 0 Å². The molecule has 0 saturated heterocycles. The van der Waals surface area contributed by atoms with Crippen LogP contribution in [-0.2, 0) is 0 Å². The topological polar surface area (TPSA) is 0 Å². The SMILES string of the molecule is C[SiH2][C]1C=C([SiH2]C)C=C([SiH2]C)C1. The lowest BCUT2D eigenvalue weighted by molar-refractivity contribution is 1.16. The van der Waals surface area contributed by atoms with Crippen LogP contribution in [-0.4, -0.2) is 28.6 Å². The molecule has 12 heavy (non-hydrogen) atoms. The van der Waals surface area contributed by atoms with Crippen molar-refractivity contribution in [3.05, 3.63) is 28.1 Å². The van der Waals surface area contributed by atoms with Crippen LogP contribution < -0.4 is 0 Å². The lowest BCUT2D eigenvalue weighted by atomic mass is 10.2. The van der Waals surface area contributed by atoms with Crippen molar-refractivity contribution in [2.24, 2.45) is 0 Å². The summed E-state index contributed by atoms with van der Waals surface area (Å²) in [5, 5.41) is 3.53. The van der Waals surface area contributed by atoms with Crippen molar-refractivity contribution in [2.75, 3.05) is 0 Å². The molecule has 1 aliphatic rings. The first-order valence-corrected chi connectivity index (χ1v) is 11.4. The molecule has 0 fully saturated rings. The summed E-state index contributed by atoms with van der Waals surface area (Å²) >= 11 is 0. The highest BCUT2D eigenvalue weighted by molar-refractivity contribution is 6.50. The Labute approximate surface area is 83.0 Å². The summed E-state index contributed by atoms with van der Waals surface area (Å²) in [6.07, 6.45) is 6.40. The Balaban J connectivity index is 2.70. The zero-order chi connectivity index (χ0) is 8.97.